The molecule has 1 aliphatic heterocycles. The van der Waals surface area contributed by atoms with E-state index in [-0.39, 0.29) is 17.9 Å². The average Bonchev–Trinajstić information content (AvgIpc) is 2.78. The first-order valence-electron chi connectivity index (χ1n) is 6.37. The third kappa shape index (κ3) is 2.94. The third-order valence-electron chi connectivity index (χ3n) is 3.16. The number of carbonyl (C=O) groups is 1. The monoisotopic (exact) mass is 248 g/mol. The topological polar surface area (TPSA) is 55.6 Å². The van der Waals surface area contributed by atoms with Crippen LogP contribution in [0.3, 0.4) is 0 Å². The molecule has 1 atom stereocenters. The number of carbonyl (C=O) groups excluding carboxylic acids is 1. The number of amides is 1. The van der Waals surface area contributed by atoms with Gasteiger partial charge in [-0.25, -0.2) is 0 Å². The molecule has 0 aliphatic carbocycles. The number of benzene rings is 1. The molecule has 98 valence electrons. The molecule has 0 aromatic heterocycles. The molecule has 1 aromatic carbocycles. The second-order valence-electron chi connectivity index (χ2n) is 4.99. The van der Waals surface area contributed by atoms with Crippen molar-refractivity contribution in [3.8, 4) is 5.75 Å². The summed E-state index contributed by atoms with van der Waals surface area (Å²) in [6, 6.07) is 7.99. The van der Waals surface area contributed by atoms with Crippen molar-refractivity contribution in [3.05, 3.63) is 24.3 Å². The van der Waals surface area contributed by atoms with Crippen LogP contribution in [0.5, 0.6) is 5.75 Å². The van der Waals surface area contributed by atoms with Crippen molar-refractivity contribution in [2.24, 2.45) is 11.7 Å². The molecule has 1 heterocycles. The van der Waals surface area contributed by atoms with Gasteiger partial charge in [0.2, 0.25) is 5.91 Å². The molecule has 0 saturated carbocycles. The van der Waals surface area contributed by atoms with E-state index in [4.69, 9.17) is 10.5 Å². The zero-order chi connectivity index (χ0) is 13.1. The summed E-state index contributed by atoms with van der Waals surface area (Å²) in [7, 11) is 0. The summed E-state index contributed by atoms with van der Waals surface area (Å²) in [6.07, 6.45) is 1.03. The molecule has 2 N–H and O–H groups in total. The molecular formula is C14H20N2O2. The summed E-state index contributed by atoms with van der Waals surface area (Å²) >= 11 is 0. The molecule has 2 rings (SSSR count). The highest BCUT2D eigenvalue weighted by molar-refractivity contribution is 5.78. The molecule has 0 bridgehead atoms. The molecule has 1 amide bonds. The minimum absolute atomic E-state index is 0.0170. The first kappa shape index (κ1) is 12.7. The first-order chi connectivity index (χ1) is 8.56. The molecule has 1 aliphatic rings. The van der Waals surface area contributed by atoms with Crippen LogP contribution in [-0.2, 0) is 4.79 Å². The van der Waals surface area contributed by atoms with Gasteiger partial charge < -0.3 is 15.4 Å². The van der Waals surface area contributed by atoms with Gasteiger partial charge >= 0.3 is 0 Å². The molecular weight excluding hydrogens is 228 g/mol. The number of anilines is 1. The van der Waals surface area contributed by atoms with Gasteiger partial charge in [-0.1, -0.05) is 0 Å². The van der Waals surface area contributed by atoms with Crippen molar-refractivity contribution in [1.82, 2.24) is 0 Å². The fourth-order valence-electron chi connectivity index (χ4n) is 2.23. The van der Waals surface area contributed by atoms with Crippen LogP contribution in [0.1, 0.15) is 20.3 Å². The highest BCUT2D eigenvalue weighted by atomic mass is 16.5. The number of nitrogens with two attached hydrogens (primary N) is 1. The molecule has 1 saturated heterocycles. The van der Waals surface area contributed by atoms with Gasteiger partial charge in [0.25, 0.3) is 0 Å². The molecule has 1 unspecified atom stereocenters. The lowest BCUT2D eigenvalue weighted by Gasteiger charge is -2.19. The summed E-state index contributed by atoms with van der Waals surface area (Å²) in [6.45, 7) is 5.62. The Labute approximate surface area is 108 Å². The van der Waals surface area contributed by atoms with Crippen LogP contribution in [-0.4, -0.2) is 25.1 Å². The van der Waals surface area contributed by atoms with Crippen LogP contribution in [0.25, 0.3) is 0 Å². The van der Waals surface area contributed by atoms with E-state index in [0.29, 0.717) is 0 Å². The van der Waals surface area contributed by atoms with Crippen LogP contribution < -0.4 is 15.4 Å². The summed E-state index contributed by atoms with van der Waals surface area (Å²) in [5, 5.41) is 0. The summed E-state index contributed by atoms with van der Waals surface area (Å²) < 4.78 is 5.60. The lowest BCUT2D eigenvalue weighted by molar-refractivity contribution is -0.121. The molecule has 1 fully saturated rings. The van der Waals surface area contributed by atoms with Crippen LogP contribution in [0.2, 0.25) is 0 Å². The number of primary amides is 1. The van der Waals surface area contributed by atoms with Crippen molar-refractivity contribution in [1.29, 1.82) is 0 Å². The highest BCUT2D eigenvalue weighted by Gasteiger charge is 2.26. The second-order valence-corrected chi connectivity index (χ2v) is 4.99. The van der Waals surface area contributed by atoms with E-state index in [9.17, 15) is 4.79 Å². The number of rotatable bonds is 4. The SMILES string of the molecule is CC(C)Oc1ccc(N2CCC(C(N)=O)C2)cc1. The molecule has 18 heavy (non-hydrogen) atoms. The van der Waals surface area contributed by atoms with Crippen molar-refractivity contribution < 1.29 is 9.53 Å². The van der Waals surface area contributed by atoms with E-state index in [1.807, 2.05) is 38.1 Å². The van der Waals surface area contributed by atoms with E-state index in [2.05, 4.69) is 4.90 Å². The number of nitrogens with zero attached hydrogens (tertiary/aromatic N) is 1. The second kappa shape index (κ2) is 5.29. The van der Waals surface area contributed by atoms with E-state index in [1.54, 1.807) is 0 Å². The van der Waals surface area contributed by atoms with E-state index < -0.39 is 0 Å². The fraction of sp³-hybridized carbons (Fsp3) is 0.500. The van der Waals surface area contributed by atoms with Crippen LogP contribution >= 0.6 is 0 Å². The Morgan fingerprint density at radius 1 is 1.39 bits per heavy atom. The molecule has 4 heteroatoms. The van der Waals surface area contributed by atoms with Gasteiger partial charge in [0.05, 0.1) is 12.0 Å². The Balaban J connectivity index is 2.00. The third-order valence-corrected chi connectivity index (χ3v) is 3.16. The number of ether oxygens (including phenoxy) is 1. The van der Waals surface area contributed by atoms with Crippen molar-refractivity contribution >= 4 is 11.6 Å². The molecule has 0 spiro atoms. The normalized spacial score (nSPS) is 19.3. The van der Waals surface area contributed by atoms with Gasteiger partial charge in [0, 0.05) is 18.8 Å². The lowest BCUT2D eigenvalue weighted by Crippen LogP contribution is -2.27. The zero-order valence-corrected chi connectivity index (χ0v) is 10.9. The highest BCUT2D eigenvalue weighted by Crippen LogP contribution is 2.25. The lowest BCUT2D eigenvalue weighted by atomic mass is 10.1. The van der Waals surface area contributed by atoms with Crippen molar-refractivity contribution in [2.75, 3.05) is 18.0 Å². The Kier molecular flexibility index (Phi) is 3.75. The average molecular weight is 248 g/mol. The zero-order valence-electron chi connectivity index (χ0n) is 10.9. The smallest absolute Gasteiger partial charge is 0.222 e. The van der Waals surface area contributed by atoms with E-state index in [0.717, 1.165) is 30.9 Å². The van der Waals surface area contributed by atoms with Crippen molar-refractivity contribution in [3.63, 3.8) is 0 Å². The maximum Gasteiger partial charge on any atom is 0.222 e. The maximum atomic E-state index is 11.1. The Morgan fingerprint density at radius 2 is 2.06 bits per heavy atom. The van der Waals surface area contributed by atoms with E-state index >= 15 is 0 Å². The van der Waals surface area contributed by atoms with Gasteiger partial charge in [-0.2, -0.15) is 0 Å². The van der Waals surface area contributed by atoms with Crippen LogP contribution in [0.15, 0.2) is 24.3 Å². The number of hydrogen-bond donors (Lipinski definition) is 1. The quantitative estimate of drug-likeness (QED) is 0.883. The summed E-state index contributed by atoms with van der Waals surface area (Å²) in [4.78, 5) is 13.3. The molecule has 1 aromatic rings. The van der Waals surface area contributed by atoms with Crippen molar-refractivity contribution in [2.45, 2.75) is 26.4 Å². The summed E-state index contributed by atoms with van der Waals surface area (Å²) in [5.41, 5.74) is 6.45. The molecule has 4 nitrogen and oxygen atoms in total. The van der Waals surface area contributed by atoms with Gasteiger partial charge in [-0.05, 0) is 44.5 Å². The Bertz CT molecular complexity index is 414. The van der Waals surface area contributed by atoms with E-state index in [1.165, 1.54) is 0 Å². The van der Waals surface area contributed by atoms with Crippen LogP contribution in [0.4, 0.5) is 5.69 Å². The van der Waals surface area contributed by atoms with Gasteiger partial charge in [-0.15, -0.1) is 0 Å². The predicted molar refractivity (Wildman–Crippen MR) is 71.7 cm³/mol. The largest absolute Gasteiger partial charge is 0.491 e. The first-order valence-corrected chi connectivity index (χ1v) is 6.37. The Morgan fingerprint density at radius 3 is 2.56 bits per heavy atom. The molecule has 0 radical (unpaired) electrons. The predicted octanol–water partition coefficient (Wildman–Crippen LogP) is 1.79. The summed E-state index contributed by atoms with van der Waals surface area (Å²) in [5.74, 6) is 0.660. The minimum atomic E-state index is -0.197. The maximum absolute atomic E-state index is 11.1. The van der Waals surface area contributed by atoms with Crippen LogP contribution in [0, 0.1) is 5.92 Å². The standard InChI is InChI=1S/C14H20N2O2/c1-10(2)18-13-5-3-12(4-6-13)16-8-7-11(9-16)14(15)17/h3-6,10-11H,7-9H2,1-2H3,(H2,15,17). The van der Waals surface area contributed by atoms with Gasteiger partial charge in [0.15, 0.2) is 0 Å². The fourth-order valence-corrected chi connectivity index (χ4v) is 2.23. The van der Waals surface area contributed by atoms with Gasteiger partial charge in [0.1, 0.15) is 5.75 Å². The Hall–Kier alpha value is -1.71. The number of hydrogen-bond acceptors (Lipinski definition) is 3. The minimum Gasteiger partial charge on any atom is -0.491 e. The van der Waals surface area contributed by atoms with Gasteiger partial charge in [-0.3, -0.25) is 4.79 Å².